The molecule has 1 aliphatic carbocycles. The third-order valence-electron chi connectivity index (χ3n) is 7.69. The van der Waals surface area contributed by atoms with E-state index in [0.29, 0.717) is 28.6 Å². The van der Waals surface area contributed by atoms with Gasteiger partial charge in [-0.1, -0.05) is 62.4 Å². The number of rotatable bonds is 9. The van der Waals surface area contributed by atoms with Gasteiger partial charge in [0, 0.05) is 10.6 Å². The van der Waals surface area contributed by atoms with Gasteiger partial charge in [-0.25, -0.2) is 17.5 Å². The molecule has 9 heteroatoms. The SMILES string of the molecule is Cc1ccc(S(=O)(=O)N2c3ccc(Cl)cc3C(O[Si](C)(C)C)(C3CCCCC3)C2C(=O)OCCC(C)C)cc1. The maximum Gasteiger partial charge on any atom is 0.333 e. The average Bonchev–Trinajstić information content (AvgIpc) is 3.14. The number of carbonyl (C=O) groups excluding carboxylic acids is 1. The van der Waals surface area contributed by atoms with Crippen LogP contribution in [0, 0.1) is 18.8 Å². The Morgan fingerprint density at radius 2 is 1.72 bits per heavy atom. The Kier molecular flexibility index (Phi) is 8.91. The zero-order valence-corrected chi connectivity index (χ0v) is 26.6. The van der Waals surface area contributed by atoms with Crippen molar-refractivity contribution in [1.29, 1.82) is 0 Å². The zero-order valence-electron chi connectivity index (χ0n) is 24.0. The van der Waals surface area contributed by atoms with Crippen molar-refractivity contribution in [2.75, 3.05) is 10.9 Å². The summed E-state index contributed by atoms with van der Waals surface area (Å²) >= 11 is 6.57. The Morgan fingerprint density at radius 3 is 2.31 bits per heavy atom. The van der Waals surface area contributed by atoms with Crippen LogP contribution in [-0.2, 0) is 29.6 Å². The van der Waals surface area contributed by atoms with E-state index in [2.05, 4.69) is 33.5 Å². The number of hydrogen-bond acceptors (Lipinski definition) is 5. The van der Waals surface area contributed by atoms with Gasteiger partial charge in [0.1, 0.15) is 5.60 Å². The summed E-state index contributed by atoms with van der Waals surface area (Å²) in [5.41, 5.74) is 0.865. The number of halogens is 1. The predicted octanol–water partition coefficient (Wildman–Crippen LogP) is 7.44. The highest BCUT2D eigenvalue weighted by Gasteiger charge is 2.64. The summed E-state index contributed by atoms with van der Waals surface area (Å²) in [7, 11) is -6.51. The molecule has 6 nitrogen and oxygen atoms in total. The van der Waals surface area contributed by atoms with Gasteiger partial charge in [-0.3, -0.25) is 0 Å². The van der Waals surface area contributed by atoms with Gasteiger partial charge >= 0.3 is 5.97 Å². The second-order valence-electron chi connectivity index (χ2n) is 12.4. The number of ether oxygens (including phenoxy) is 1. The molecule has 0 bridgehead atoms. The summed E-state index contributed by atoms with van der Waals surface area (Å²) in [6.07, 6.45) is 5.47. The molecule has 0 saturated heterocycles. The lowest BCUT2D eigenvalue weighted by Gasteiger charge is -2.47. The van der Waals surface area contributed by atoms with Crippen LogP contribution in [0.2, 0.25) is 24.7 Å². The van der Waals surface area contributed by atoms with Gasteiger partial charge in [-0.15, -0.1) is 0 Å². The predicted molar refractivity (Wildman–Crippen MR) is 159 cm³/mol. The van der Waals surface area contributed by atoms with E-state index >= 15 is 0 Å². The summed E-state index contributed by atoms with van der Waals surface area (Å²) in [5.74, 6) is -0.287. The first kappa shape index (κ1) is 30.1. The van der Waals surface area contributed by atoms with E-state index in [4.69, 9.17) is 20.8 Å². The number of sulfonamides is 1. The third-order valence-corrected chi connectivity index (χ3v) is 10.7. The van der Waals surface area contributed by atoms with Gasteiger partial charge in [-0.05, 0) is 88.0 Å². The molecule has 1 saturated carbocycles. The standard InChI is InChI=1S/C30H42ClNO5SSi/c1-21(2)18-19-36-29(33)28-30(37-39(4,5)6,23-10-8-7-9-11-23)26-20-24(31)14-17-27(26)32(28)38(34,35)25-15-12-22(3)13-16-25/h12-17,20-21,23,28H,7-11,18-19H2,1-6H3. The first-order valence-corrected chi connectivity index (χ1v) is 19.3. The fraction of sp³-hybridized carbons (Fsp3) is 0.567. The minimum atomic E-state index is -4.16. The van der Waals surface area contributed by atoms with Crippen molar-refractivity contribution in [3.63, 3.8) is 0 Å². The number of nitrogens with zero attached hydrogens (tertiary/aromatic N) is 1. The Hall–Kier alpha value is -1.87. The molecule has 1 heterocycles. The largest absolute Gasteiger partial charge is 0.464 e. The molecule has 0 amide bonds. The molecule has 0 aromatic heterocycles. The zero-order chi connectivity index (χ0) is 28.6. The van der Waals surface area contributed by atoms with Crippen LogP contribution in [0.25, 0.3) is 0 Å². The van der Waals surface area contributed by atoms with Gasteiger partial charge in [-0.2, -0.15) is 0 Å². The molecule has 0 radical (unpaired) electrons. The molecule has 2 atom stereocenters. The molecule has 0 N–H and O–H groups in total. The normalized spacial score (nSPS) is 22.3. The second kappa shape index (κ2) is 11.5. The summed E-state index contributed by atoms with van der Waals surface area (Å²) in [6, 6.07) is 10.8. The molecule has 2 aliphatic rings. The quantitative estimate of drug-likeness (QED) is 0.224. The van der Waals surface area contributed by atoms with Crippen LogP contribution in [-0.4, -0.2) is 35.4 Å². The van der Waals surface area contributed by atoms with Crippen molar-refractivity contribution < 1.29 is 22.4 Å². The van der Waals surface area contributed by atoms with Gasteiger partial charge in [0.2, 0.25) is 0 Å². The lowest BCUT2D eigenvalue weighted by molar-refractivity contribution is -0.154. The van der Waals surface area contributed by atoms with E-state index in [0.717, 1.165) is 37.7 Å². The number of aryl methyl sites for hydroxylation is 1. The van der Waals surface area contributed by atoms with Crippen LogP contribution in [0.5, 0.6) is 0 Å². The Labute approximate surface area is 240 Å². The van der Waals surface area contributed by atoms with E-state index in [9.17, 15) is 13.2 Å². The van der Waals surface area contributed by atoms with Crippen LogP contribution >= 0.6 is 11.6 Å². The molecule has 2 aromatic carbocycles. The third kappa shape index (κ3) is 6.09. The average molecular weight is 592 g/mol. The van der Waals surface area contributed by atoms with E-state index < -0.39 is 36.0 Å². The number of carbonyl (C=O) groups is 1. The number of esters is 1. The monoisotopic (exact) mass is 591 g/mol. The van der Waals surface area contributed by atoms with Crippen LogP contribution < -0.4 is 4.31 Å². The van der Waals surface area contributed by atoms with E-state index in [1.807, 2.05) is 13.0 Å². The number of benzene rings is 2. The van der Waals surface area contributed by atoms with Crippen LogP contribution in [0.3, 0.4) is 0 Å². The lowest BCUT2D eigenvalue weighted by atomic mass is 9.71. The van der Waals surface area contributed by atoms with E-state index in [1.165, 1.54) is 4.31 Å². The first-order chi connectivity index (χ1) is 18.3. The maximum atomic E-state index is 14.5. The maximum absolute atomic E-state index is 14.5. The molecule has 0 spiro atoms. The Bertz CT molecular complexity index is 1290. The summed E-state index contributed by atoms with van der Waals surface area (Å²) < 4.78 is 43.2. The topological polar surface area (TPSA) is 72.9 Å². The minimum absolute atomic E-state index is 0.0592. The van der Waals surface area contributed by atoms with E-state index in [1.54, 1.807) is 36.4 Å². The van der Waals surface area contributed by atoms with Crippen LogP contribution in [0.1, 0.15) is 63.5 Å². The molecule has 39 heavy (non-hydrogen) atoms. The fourth-order valence-corrected chi connectivity index (χ4v) is 9.21. The summed E-state index contributed by atoms with van der Waals surface area (Å²) in [6.45, 7) is 12.5. The molecule has 1 aliphatic heterocycles. The molecule has 214 valence electrons. The highest BCUT2D eigenvalue weighted by Crippen LogP contribution is 2.57. The van der Waals surface area contributed by atoms with Gasteiger partial charge in [0.15, 0.2) is 14.4 Å². The molecule has 1 fully saturated rings. The van der Waals surface area contributed by atoms with Gasteiger partial charge in [0.05, 0.1) is 17.2 Å². The van der Waals surface area contributed by atoms with Crippen molar-refractivity contribution >= 4 is 41.6 Å². The molecule has 2 aromatic rings. The van der Waals surface area contributed by atoms with Crippen molar-refractivity contribution in [1.82, 2.24) is 0 Å². The molecular weight excluding hydrogens is 550 g/mol. The minimum Gasteiger partial charge on any atom is -0.464 e. The van der Waals surface area contributed by atoms with Crippen LogP contribution in [0.15, 0.2) is 47.4 Å². The number of anilines is 1. The van der Waals surface area contributed by atoms with Crippen LogP contribution in [0.4, 0.5) is 5.69 Å². The second-order valence-corrected chi connectivity index (χ2v) is 19.1. The Balaban J connectivity index is 1.99. The van der Waals surface area contributed by atoms with Crippen molar-refractivity contribution in [2.24, 2.45) is 11.8 Å². The fourth-order valence-electron chi connectivity index (χ4n) is 5.99. The number of hydrogen-bond donors (Lipinski definition) is 0. The van der Waals surface area contributed by atoms with Crippen molar-refractivity contribution in [2.45, 2.75) is 95.5 Å². The molecular formula is C30H42ClNO5SSi. The summed E-state index contributed by atoms with van der Waals surface area (Å²) in [4.78, 5) is 14.4. The molecule has 2 unspecified atom stereocenters. The lowest BCUT2D eigenvalue weighted by Crippen LogP contribution is -2.60. The van der Waals surface area contributed by atoms with Crippen molar-refractivity contribution in [3.8, 4) is 0 Å². The Morgan fingerprint density at radius 1 is 1.08 bits per heavy atom. The first-order valence-electron chi connectivity index (χ1n) is 14.1. The smallest absolute Gasteiger partial charge is 0.333 e. The van der Waals surface area contributed by atoms with E-state index in [-0.39, 0.29) is 17.4 Å². The summed E-state index contributed by atoms with van der Waals surface area (Å²) in [5, 5.41) is 0.481. The van der Waals surface area contributed by atoms with Crippen molar-refractivity contribution in [3.05, 3.63) is 58.6 Å². The highest BCUT2D eigenvalue weighted by atomic mass is 35.5. The number of fused-ring (bicyclic) bond motifs is 1. The molecule has 4 rings (SSSR count). The highest BCUT2D eigenvalue weighted by molar-refractivity contribution is 7.93. The van der Waals surface area contributed by atoms with Gasteiger partial charge in [0.25, 0.3) is 10.0 Å². The van der Waals surface area contributed by atoms with Gasteiger partial charge < -0.3 is 9.16 Å².